The molecule has 0 spiro atoms. The zero-order chi connectivity index (χ0) is 17.4. The summed E-state index contributed by atoms with van der Waals surface area (Å²) in [6.07, 6.45) is 4.79. The van der Waals surface area contributed by atoms with Gasteiger partial charge in [-0.3, -0.25) is 4.79 Å². The number of nitrogens with one attached hydrogen (secondary N) is 2. The van der Waals surface area contributed by atoms with Gasteiger partial charge in [-0.1, -0.05) is 25.1 Å². The summed E-state index contributed by atoms with van der Waals surface area (Å²) in [6, 6.07) is 6.00. The molecule has 6 heteroatoms. The highest BCUT2D eigenvalue weighted by Crippen LogP contribution is 2.21. The van der Waals surface area contributed by atoms with Gasteiger partial charge in [0.25, 0.3) is 5.91 Å². The molecule has 0 aliphatic heterocycles. The molecule has 0 bridgehead atoms. The topological polar surface area (TPSA) is 76.1 Å². The van der Waals surface area contributed by atoms with Crippen LogP contribution in [0.5, 0.6) is 0 Å². The van der Waals surface area contributed by atoms with E-state index in [0.717, 1.165) is 36.2 Å². The smallest absolute Gasteiger partial charge is 0.258 e. The maximum Gasteiger partial charge on any atom is 0.258 e. The van der Waals surface area contributed by atoms with E-state index in [2.05, 4.69) is 27.5 Å². The average Bonchev–Trinajstić information content (AvgIpc) is 2.61. The predicted molar refractivity (Wildman–Crippen MR) is 95.5 cm³/mol. The van der Waals surface area contributed by atoms with Crippen LogP contribution in [0.15, 0.2) is 30.6 Å². The first-order valence-corrected chi connectivity index (χ1v) is 8.10. The summed E-state index contributed by atoms with van der Waals surface area (Å²) in [4.78, 5) is 20.8. The maximum absolute atomic E-state index is 12.4. The minimum absolute atomic E-state index is 0.204. The molecule has 0 unspecified atom stereocenters. The Morgan fingerprint density at radius 1 is 1.25 bits per heavy atom. The standard InChI is InChI=1S/C18H24N4O2/c1-4-14-8-5-7-13(2)16(14)22-17(23)15-11-20-18(21-12-15)19-9-6-10-24-3/h5,7-8,11-12H,4,6,9-10H2,1-3H3,(H,22,23)(H,19,20,21). The molecule has 128 valence electrons. The third kappa shape index (κ3) is 4.76. The van der Waals surface area contributed by atoms with E-state index in [-0.39, 0.29) is 5.91 Å². The number of rotatable bonds is 8. The fourth-order valence-corrected chi connectivity index (χ4v) is 2.34. The van der Waals surface area contributed by atoms with Crippen LogP contribution in [0.3, 0.4) is 0 Å². The molecule has 1 aromatic carbocycles. The van der Waals surface area contributed by atoms with E-state index < -0.39 is 0 Å². The number of methoxy groups -OCH3 is 1. The molecule has 0 saturated carbocycles. The Bertz CT molecular complexity index is 671. The summed E-state index contributed by atoms with van der Waals surface area (Å²) < 4.78 is 4.98. The van der Waals surface area contributed by atoms with Crippen molar-refractivity contribution in [1.29, 1.82) is 0 Å². The van der Waals surface area contributed by atoms with Gasteiger partial charge in [0, 0.05) is 38.3 Å². The predicted octanol–water partition coefficient (Wildman–Crippen LogP) is 3.05. The molecule has 0 aliphatic carbocycles. The monoisotopic (exact) mass is 328 g/mol. The summed E-state index contributed by atoms with van der Waals surface area (Å²) in [5, 5.41) is 6.06. The van der Waals surface area contributed by atoms with Gasteiger partial charge >= 0.3 is 0 Å². The summed E-state index contributed by atoms with van der Waals surface area (Å²) in [6.45, 7) is 5.46. The van der Waals surface area contributed by atoms with Crippen molar-refractivity contribution in [3.63, 3.8) is 0 Å². The van der Waals surface area contributed by atoms with E-state index >= 15 is 0 Å². The quantitative estimate of drug-likeness (QED) is 0.728. The van der Waals surface area contributed by atoms with E-state index in [1.165, 1.54) is 12.4 Å². The van der Waals surface area contributed by atoms with Gasteiger partial charge in [0.15, 0.2) is 0 Å². The number of carbonyl (C=O) groups is 1. The molecular formula is C18H24N4O2. The molecule has 0 atom stereocenters. The van der Waals surface area contributed by atoms with Crippen molar-refractivity contribution >= 4 is 17.5 Å². The molecule has 2 N–H and O–H groups in total. The molecule has 0 fully saturated rings. The number of hydrogen-bond donors (Lipinski definition) is 2. The van der Waals surface area contributed by atoms with Gasteiger partial charge in [-0.2, -0.15) is 0 Å². The van der Waals surface area contributed by atoms with Gasteiger partial charge in [-0.25, -0.2) is 9.97 Å². The second kappa shape index (κ2) is 8.98. The number of aromatic nitrogens is 2. The van der Waals surface area contributed by atoms with Gasteiger partial charge in [-0.05, 0) is 30.9 Å². The molecule has 0 radical (unpaired) electrons. The van der Waals surface area contributed by atoms with Gasteiger partial charge in [0.2, 0.25) is 5.95 Å². The van der Waals surface area contributed by atoms with Crippen molar-refractivity contribution in [1.82, 2.24) is 9.97 Å². The lowest BCUT2D eigenvalue weighted by molar-refractivity contribution is 0.102. The van der Waals surface area contributed by atoms with Crippen molar-refractivity contribution < 1.29 is 9.53 Å². The number of carbonyl (C=O) groups excluding carboxylic acids is 1. The molecule has 0 saturated heterocycles. The van der Waals surface area contributed by atoms with Crippen molar-refractivity contribution in [2.45, 2.75) is 26.7 Å². The first-order chi connectivity index (χ1) is 11.7. The molecule has 6 nitrogen and oxygen atoms in total. The number of ether oxygens (including phenoxy) is 1. The first-order valence-electron chi connectivity index (χ1n) is 8.10. The van der Waals surface area contributed by atoms with Crippen LogP contribution in [-0.4, -0.2) is 36.1 Å². The molecule has 1 heterocycles. The number of nitrogens with zero attached hydrogens (tertiary/aromatic N) is 2. The molecular weight excluding hydrogens is 304 g/mol. The highest BCUT2D eigenvalue weighted by molar-refractivity contribution is 6.04. The fourth-order valence-electron chi connectivity index (χ4n) is 2.34. The fraction of sp³-hybridized carbons (Fsp3) is 0.389. The lowest BCUT2D eigenvalue weighted by Gasteiger charge is -2.13. The summed E-state index contributed by atoms with van der Waals surface area (Å²) >= 11 is 0. The van der Waals surface area contributed by atoms with E-state index in [4.69, 9.17) is 4.74 Å². The minimum atomic E-state index is -0.204. The van der Waals surface area contributed by atoms with Crippen LogP contribution in [0.1, 0.15) is 34.8 Å². The van der Waals surface area contributed by atoms with Crippen molar-refractivity contribution in [2.24, 2.45) is 0 Å². The maximum atomic E-state index is 12.4. The summed E-state index contributed by atoms with van der Waals surface area (Å²) in [7, 11) is 1.67. The Labute approximate surface area is 142 Å². The molecule has 24 heavy (non-hydrogen) atoms. The molecule has 0 aliphatic rings. The van der Waals surface area contributed by atoms with Crippen LogP contribution in [0, 0.1) is 6.92 Å². The highest BCUT2D eigenvalue weighted by Gasteiger charge is 2.11. The van der Waals surface area contributed by atoms with Gasteiger partial charge < -0.3 is 15.4 Å². The van der Waals surface area contributed by atoms with Gasteiger partial charge in [-0.15, -0.1) is 0 Å². The average molecular weight is 328 g/mol. The van der Waals surface area contributed by atoms with E-state index in [1.807, 2.05) is 25.1 Å². The second-order valence-electron chi connectivity index (χ2n) is 5.49. The minimum Gasteiger partial charge on any atom is -0.385 e. The zero-order valence-corrected chi connectivity index (χ0v) is 14.4. The summed E-state index contributed by atoms with van der Waals surface area (Å²) in [5.41, 5.74) is 3.45. The van der Waals surface area contributed by atoms with Crippen molar-refractivity contribution in [3.05, 3.63) is 47.3 Å². The van der Waals surface area contributed by atoms with Gasteiger partial charge in [0.05, 0.1) is 5.56 Å². The van der Waals surface area contributed by atoms with E-state index in [9.17, 15) is 4.79 Å². The number of aryl methyl sites for hydroxylation is 2. The Morgan fingerprint density at radius 3 is 2.67 bits per heavy atom. The Hall–Kier alpha value is -2.47. The summed E-state index contributed by atoms with van der Waals surface area (Å²) in [5.74, 6) is 0.303. The van der Waals surface area contributed by atoms with Crippen LogP contribution < -0.4 is 10.6 Å². The Balaban J connectivity index is 2.00. The van der Waals surface area contributed by atoms with Crippen LogP contribution in [0.4, 0.5) is 11.6 Å². The van der Waals surface area contributed by atoms with Crippen molar-refractivity contribution in [2.75, 3.05) is 30.9 Å². The third-order valence-electron chi connectivity index (χ3n) is 3.70. The number of amides is 1. The highest BCUT2D eigenvalue weighted by atomic mass is 16.5. The molecule has 2 aromatic rings. The number of hydrogen-bond acceptors (Lipinski definition) is 5. The number of benzene rings is 1. The molecule has 1 aromatic heterocycles. The van der Waals surface area contributed by atoms with Gasteiger partial charge in [0.1, 0.15) is 0 Å². The SMILES string of the molecule is CCc1cccc(C)c1NC(=O)c1cnc(NCCCOC)nc1. The largest absolute Gasteiger partial charge is 0.385 e. The number of para-hydroxylation sites is 1. The van der Waals surface area contributed by atoms with Crippen LogP contribution >= 0.6 is 0 Å². The normalized spacial score (nSPS) is 10.5. The third-order valence-corrected chi connectivity index (χ3v) is 3.70. The molecule has 2 rings (SSSR count). The second-order valence-corrected chi connectivity index (χ2v) is 5.49. The lowest BCUT2D eigenvalue weighted by atomic mass is 10.1. The van der Waals surface area contributed by atoms with E-state index in [1.54, 1.807) is 7.11 Å². The zero-order valence-electron chi connectivity index (χ0n) is 14.4. The van der Waals surface area contributed by atoms with Crippen LogP contribution in [-0.2, 0) is 11.2 Å². The van der Waals surface area contributed by atoms with Crippen molar-refractivity contribution in [3.8, 4) is 0 Å². The van der Waals surface area contributed by atoms with E-state index in [0.29, 0.717) is 18.1 Å². The first kappa shape index (κ1) is 17.9. The Morgan fingerprint density at radius 2 is 2.00 bits per heavy atom. The molecule has 1 amide bonds. The lowest BCUT2D eigenvalue weighted by Crippen LogP contribution is -2.15. The number of anilines is 2. The van der Waals surface area contributed by atoms with Crippen LogP contribution in [0.2, 0.25) is 0 Å². The van der Waals surface area contributed by atoms with Crippen LogP contribution in [0.25, 0.3) is 0 Å². The Kier molecular flexibility index (Phi) is 6.69.